The first-order valence-corrected chi connectivity index (χ1v) is 5.50. The summed E-state index contributed by atoms with van der Waals surface area (Å²) >= 11 is 0. The molecule has 0 spiro atoms. The summed E-state index contributed by atoms with van der Waals surface area (Å²) in [5.41, 5.74) is -1.09. The van der Waals surface area contributed by atoms with Gasteiger partial charge in [-0.3, -0.25) is 9.59 Å². The van der Waals surface area contributed by atoms with Crippen LogP contribution in [-0.2, 0) is 9.59 Å². The van der Waals surface area contributed by atoms with Crippen molar-refractivity contribution in [3.63, 3.8) is 0 Å². The van der Waals surface area contributed by atoms with Crippen LogP contribution in [0.15, 0.2) is 0 Å². The van der Waals surface area contributed by atoms with Crippen molar-refractivity contribution in [3.8, 4) is 0 Å². The van der Waals surface area contributed by atoms with E-state index in [1.54, 1.807) is 11.9 Å². The van der Waals surface area contributed by atoms with Crippen LogP contribution < -0.4 is 0 Å². The number of hydrogen-bond acceptors (Lipinski definition) is 2. The van der Waals surface area contributed by atoms with E-state index < -0.39 is 11.4 Å². The third kappa shape index (κ3) is 1.98. The van der Waals surface area contributed by atoms with Gasteiger partial charge >= 0.3 is 5.97 Å². The van der Waals surface area contributed by atoms with Crippen molar-refractivity contribution in [1.82, 2.24) is 4.90 Å². The summed E-state index contributed by atoms with van der Waals surface area (Å²) in [7, 11) is 1.71. The molecule has 1 amide bonds. The summed E-state index contributed by atoms with van der Waals surface area (Å²) in [5.74, 6) is -1.19. The number of nitrogens with zero attached hydrogens (tertiary/aromatic N) is 1. The zero-order chi connectivity index (χ0) is 11.6. The molecule has 0 atom stereocenters. The van der Waals surface area contributed by atoms with E-state index in [-0.39, 0.29) is 11.9 Å². The Morgan fingerprint density at radius 1 is 1.33 bits per heavy atom. The molecular weight excluding hydrogens is 194 g/mol. The number of carboxylic acids is 1. The van der Waals surface area contributed by atoms with Gasteiger partial charge in [0, 0.05) is 13.1 Å². The van der Waals surface area contributed by atoms with Gasteiger partial charge in [0.05, 0.1) is 0 Å². The van der Waals surface area contributed by atoms with Crippen molar-refractivity contribution in [2.45, 2.75) is 45.6 Å². The van der Waals surface area contributed by atoms with Gasteiger partial charge in [0.25, 0.3) is 0 Å². The Kier molecular flexibility index (Phi) is 3.37. The summed E-state index contributed by atoms with van der Waals surface area (Å²) in [4.78, 5) is 24.6. The molecule has 0 bridgehead atoms. The molecule has 0 aromatic heterocycles. The molecule has 0 heterocycles. The van der Waals surface area contributed by atoms with Crippen molar-refractivity contribution in [2.75, 3.05) is 7.05 Å². The van der Waals surface area contributed by atoms with Crippen molar-refractivity contribution in [2.24, 2.45) is 5.41 Å². The highest BCUT2D eigenvalue weighted by atomic mass is 16.4. The monoisotopic (exact) mass is 213 g/mol. The fourth-order valence-corrected chi connectivity index (χ4v) is 1.98. The predicted octanol–water partition coefficient (Wildman–Crippen LogP) is 1.50. The summed E-state index contributed by atoms with van der Waals surface area (Å²) in [6, 6.07) is 0.161. The molecule has 4 heteroatoms. The van der Waals surface area contributed by atoms with Gasteiger partial charge in [0.1, 0.15) is 5.41 Å². The first-order valence-electron chi connectivity index (χ1n) is 5.50. The van der Waals surface area contributed by atoms with E-state index in [9.17, 15) is 9.59 Å². The first kappa shape index (κ1) is 12.0. The number of hydrogen-bond donors (Lipinski definition) is 1. The number of carboxylic acid groups (broad SMARTS) is 1. The van der Waals surface area contributed by atoms with E-state index in [4.69, 9.17) is 5.11 Å². The average molecular weight is 213 g/mol. The van der Waals surface area contributed by atoms with Crippen molar-refractivity contribution >= 4 is 11.9 Å². The highest BCUT2D eigenvalue weighted by Crippen LogP contribution is 2.47. The number of rotatable bonds is 5. The van der Waals surface area contributed by atoms with Crippen LogP contribution >= 0.6 is 0 Å². The van der Waals surface area contributed by atoms with Crippen LogP contribution in [0, 0.1) is 5.41 Å². The van der Waals surface area contributed by atoms with E-state index in [0.717, 1.165) is 12.8 Å². The number of carbonyl (C=O) groups excluding carboxylic acids is 1. The molecule has 1 aliphatic rings. The zero-order valence-electron chi connectivity index (χ0n) is 9.62. The van der Waals surface area contributed by atoms with Gasteiger partial charge in [0.15, 0.2) is 0 Å². The molecule has 1 rings (SSSR count). The minimum absolute atomic E-state index is 0.161. The van der Waals surface area contributed by atoms with Gasteiger partial charge in [-0.25, -0.2) is 0 Å². The van der Waals surface area contributed by atoms with Crippen LogP contribution in [0.25, 0.3) is 0 Å². The molecule has 1 saturated carbocycles. The largest absolute Gasteiger partial charge is 0.480 e. The molecule has 0 aromatic carbocycles. The molecule has 0 unspecified atom stereocenters. The van der Waals surface area contributed by atoms with Crippen molar-refractivity contribution in [1.29, 1.82) is 0 Å². The van der Waals surface area contributed by atoms with Crippen LogP contribution in [-0.4, -0.2) is 35.0 Å². The Bertz CT molecular complexity index is 267. The maximum atomic E-state index is 12.0. The van der Waals surface area contributed by atoms with Crippen molar-refractivity contribution < 1.29 is 14.7 Å². The summed E-state index contributed by atoms with van der Waals surface area (Å²) in [5, 5.41) is 9.00. The van der Waals surface area contributed by atoms with Gasteiger partial charge in [0.2, 0.25) is 5.91 Å². The molecule has 1 N–H and O–H groups in total. The normalized spacial score (nSPS) is 17.6. The summed E-state index contributed by atoms with van der Waals surface area (Å²) < 4.78 is 0. The molecule has 0 aliphatic heterocycles. The lowest BCUT2D eigenvalue weighted by molar-refractivity contribution is -0.153. The third-order valence-electron chi connectivity index (χ3n) is 3.38. The maximum absolute atomic E-state index is 12.0. The van der Waals surface area contributed by atoms with Crippen LogP contribution in [0.5, 0.6) is 0 Å². The second-order valence-corrected chi connectivity index (χ2v) is 4.27. The standard InChI is InChI=1S/C11H19NO3/c1-4-8(5-2)12(3)9(13)11(6-7-11)10(14)15/h8H,4-7H2,1-3H3,(H,14,15). The average Bonchev–Trinajstić information content (AvgIpc) is 2.99. The number of amides is 1. The minimum Gasteiger partial charge on any atom is -0.480 e. The second kappa shape index (κ2) is 4.21. The Morgan fingerprint density at radius 2 is 1.80 bits per heavy atom. The molecule has 0 aromatic rings. The Balaban J connectivity index is 2.72. The second-order valence-electron chi connectivity index (χ2n) is 4.27. The van der Waals surface area contributed by atoms with Crippen LogP contribution in [0.1, 0.15) is 39.5 Å². The smallest absolute Gasteiger partial charge is 0.319 e. The topological polar surface area (TPSA) is 57.6 Å². The van der Waals surface area contributed by atoms with E-state index >= 15 is 0 Å². The quantitative estimate of drug-likeness (QED) is 0.704. The fourth-order valence-electron chi connectivity index (χ4n) is 1.98. The van der Waals surface area contributed by atoms with Crippen LogP contribution in [0.4, 0.5) is 0 Å². The van der Waals surface area contributed by atoms with Gasteiger partial charge in [-0.2, -0.15) is 0 Å². The number of carbonyl (C=O) groups is 2. The lowest BCUT2D eigenvalue weighted by atomic mass is 10.0. The molecule has 4 nitrogen and oxygen atoms in total. The first-order chi connectivity index (χ1) is 6.99. The molecule has 0 saturated heterocycles. The van der Waals surface area contributed by atoms with E-state index in [1.807, 2.05) is 13.8 Å². The zero-order valence-corrected chi connectivity index (χ0v) is 9.62. The van der Waals surface area contributed by atoms with E-state index in [1.165, 1.54) is 0 Å². The minimum atomic E-state index is -1.09. The number of aliphatic carboxylic acids is 1. The molecular formula is C11H19NO3. The molecule has 15 heavy (non-hydrogen) atoms. The lowest BCUT2D eigenvalue weighted by Gasteiger charge is -2.28. The molecule has 1 aliphatic carbocycles. The Hall–Kier alpha value is -1.06. The molecule has 86 valence electrons. The van der Waals surface area contributed by atoms with E-state index in [0.29, 0.717) is 12.8 Å². The molecule has 0 radical (unpaired) electrons. The van der Waals surface area contributed by atoms with Gasteiger partial charge in [-0.15, -0.1) is 0 Å². The summed E-state index contributed by atoms with van der Waals surface area (Å²) in [6.07, 6.45) is 2.72. The summed E-state index contributed by atoms with van der Waals surface area (Å²) in [6.45, 7) is 4.02. The van der Waals surface area contributed by atoms with Gasteiger partial charge < -0.3 is 10.0 Å². The van der Waals surface area contributed by atoms with Gasteiger partial charge in [-0.05, 0) is 25.7 Å². The van der Waals surface area contributed by atoms with E-state index in [2.05, 4.69) is 0 Å². The predicted molar refractivity (Wildman–Crippen MR) is 56.4 cm³/mol. The highest BCUT2D eigenvalue weighted by molar-refractivity contribution is 6.04. The van der Waals surface area contributed by atoms with Crippen LogP contribution in [0.3, 0.4) is 0 Å². The Labute approximate surface area is 90.3 Å². The highest BCUT2D eigenvalue weighted by Gasteiger charge is 2.58. The maximum Gasteiger partial charge on any atom is 0.319 e. The lowest BCUT2D eigenvalue weighted by Crippen LogP contribution is -2.43. The van der Waals surface area contributed by atoms with Crippen LogP contribution in [0.2, 0.25) is 0 Å². The van der Waals surface area contributed by atoms with Crippen molar-refractivity contribution in [3.05, 3.63) is 0 Å². The fraction of sp³-hybridized carbons (Fsp3) is 0.818. The SMILES string of the molecule is CCC(CC)N(C)C(=O)C1(C(=O)O)CC1. The third-order valence-corrected chi connectivity index (χ3v) is 3.38. The molecule has 1 fully saturated rings. The Morgan fingerprint density at radius 3 is 2.07 bits per heavy atom. The van der Waals surface area contributed by atoms with Gasteiger partial charge in [-0.1, -0.05) is 13.8 Å².